The molecule has 3 aromatic rings. The van der Waals surface area contributed by atoms with E-state index in [1.807, 2.05) is 6.92 Å². The van der Waals surface area contributed by atoms with Crippen LogP contribution in [0.25, 0.3) is 11.1 Å². The van der Waals surface area contributed by atoms with E-state index in [9.17, 15) is 9.50 Å². The molecule has 1 unspecified atom stereocenters. The van der Waals surface area contributed by atoms with Gasteiger partial charge in [0.15, 0.2) is 23.2 Å². The molecular weight excluding hydrogens is 402 g/mol. The molecule has 1 saturated heterocycles. The van der Waals surface area contributed by atoms with Crippen LogP contribution in [0.15, 0.2) is 36.7 Å². The number of ether oxygens (including phenoxy) is 1. The van der Waals surface area contributed by atoms with E-state index in [2.05, 4.69) is 15.3 Å². The Morgan fingerprint density at radius 3 is 2.81 bits per heavy atom. The third kappa shape index (κ3) is 4.16. The molecule has 0 amide bonds. The summed E-state index contributed by atoms with van der Waals surface area (Å²) in [6.07, 6.45) is 5.84. The van der Waals surface area contributed by atoms with Crippen LogP contribution in [0.2, 0.25) is 0 Å². The van der Waals surface area contributed by atoms with Crippen molar-refractivity contribution < 1.29 is 18.6 Å². The zero-order valence-corrected chi connectivity index (χ0v) is 17.1. The van der Waals surface area contributed by atoms with Gasteiger partial charge in [-0.25, -0.2) is 13.8 Å². The first kappa shape index (κ1) is 21.0. The van der Waals surface area contributed by atoms with Crippen molar-refractivity contribution in [3.05, 3.63) is 65.2 Å². The van der Waals surface area contributed by atoms with Crippen molar-refractivity contribution in [3.63, 3.8) is 0 Å². The van der Waals surface area contributed by atoms with E-state index >= 15 is 4.39 Å². The summed E-state index contributed by atoms with van der Waals surface area (Å²) in [5.74, 6) is -1.58. The Labute approximate surface area is 178 Å². The summed E-state index contributed by atoms with van der Waals surface area (Å²) in [5, 5.41) is 21.4. The van der Waals surface area contributed by atoms with Gasteiger partial charge in [-0.3, -0.25) is 5.41 Å². The van der Waals surface area contributed by atoms with Gasteiger partial charge in [0.05, 0.1) is 5.69 Å². The van der Waals surface area contributed by atoms with Crippen molar-refractivity contribution in [3.8, 4) is 16.9 Å². The number of aromatic hydroxyl groups is 1. The Morgan fingerprint density at radius 1 is 1.29 bits per heavy atom. The van der Waals surface area contributed by atoms with E-state index in [1.165, 1.54) is 18.3 Å². The molecule has 4 N–H and O–H groups in total. The predicted molar refractivity (Wildman–Crippen MR) is 115 cm³/mol. The minimum Gasteiger partial charge on any atom is -0.505 e. The summed E-state index contributed by atoms with van der Waals surface area (Å²) in [4.78, 5) is 6.97. The van der Waals surface area contributed by atoms with E-state index in [0.29, 0.717) is 42.0 Å². The lowest BCUT2D eigenvalue weighted by molar-refractivity contribution is 0.0341. The molecule has 0 spiro atoms. The number of H-pyrrole nitrogens is 1. The molecule has 1 atom stereocenters. The molecule has 1 aliphatic heterocycles. The number of aromatic nitrogens is 2. The molecule has 2 aromatic carbocycles. The lowest BCUT2D eigenvalue weighted by Gasteiger charge is -2.26. The van der Waals surface area contributed by atoms with E-state index in [1.54, 1.807) is 12.3 Å². The highest BCUT2D eigenvalue weighted by Crippen LogP contribution is 2.36. The van der Waals surface area contributed by atoms with Crippen molar-refractivity contribution in [2.75, 3.05) is 11.9 Å². The minimum atomic E-state index is -0.816. The zero-order valence-electron chi connectivity index (χ0n) is 17.1. The highest BCUT2D eigenvalue weighted by Gasteiger charge is 2.24. The maximum Gasteiger partial charge on any atom is 0.165 e. The first-order chi connectivity index (χ1) is 15.0. The second-order valence-electron chi connectivity index (χ2n) is 7.48. The van der Waals surface area contributed by atoms with Crippen molar-refractivity contribution >= 4 is 11.4 Å². The number of phenols is 1. The SMILES string of the molecule is CCc1cc(O)c(F)cc1-c1ccc(C(=N)c2ncc[nH]2)c(NC2CCCCO2)c1F. The predicted octanol–water partition coefficient (Wildman–Crippen LogP) is 4.98. The van der Waals surface area contributed by atoms with Crippen LogP contribution in [-0.4, -0.2) is 33.6 Å². The number of rotatable bonds is 6. The first-order valence-corrected chi connectivity index (χ1v) is 10.3. The van der Waals surface area contributed by atoms with Crippen molar-refractivity contribution in [1.29, 1.82) is 5.41 Å². The number of aryl methyl sites for hydroxylation is 1. The topological polar surface area (TPSA) is 94.0 Å². The fourth-order valence-electron chi connectivity index (χ4n) is 3.83. The van der Waals surface area contributed by atoms with Crippen molar-refractivity contribution in [2.24, 2.45) is 0 Å². The lowest BCUT2D eigenvalue weighted by Crippen LogP contribution is -2.28. The zero-order chi connectivity index (χ0) is 22.0. The normalized spacial score (nSPS) is 16.3. The van der Waals surface area contributed by atoms with Crippen LogP contribution in [-0.2, 0) is 11.2 Å². The Morgan fingerprint density at radius 2 is 2.13 bits per heavy atom. The molecule has 1 aromatic heterocycles. The monoisotopic (exact) mass is 426 g/mol. The Balaban J connectivity index is 1.84. The quantitative estimate of drug-likeness (QED) is 0.418. The van der Waals surface area contributed by atoms with Crippen LogP contribution in [0, 0.1) is 17.0 Å². The van der Waals surface area contributed by atoms with Gasteiger partial charge in [-0.1, -0.05) is 13.0 Å². The molecule has 0 radical (unpaired) electrons. The van der Waals surface area contributed by atoms with Gasteiger partial charge in [0.2, 0.25) is 0 Å². The molecule has 162 valence electrons. The number of nitrogens with zero attached hydrogens (tertiary/aromatic N) is 1. The number of benzene rings is 2. The van der Waals surface area contributed by atoms with Crippen LogP contribution in [0.1, 0.15) is 43.1 Å². The highest BCUT2D eigenvalue weighted by atomic mass is 19.1. The van der Waals surface area contributed by atoms with Crippen LogP contribution >= 0.6 is 0 Å². The van der Waals surface area contributed by atoms with E-state index in [0.717, 1.165) is 18.9 Å². The average molecular weight is 426 g/mol. The van der Waals surface area contributed by atoms with Crippen LogP contribution in [0.5, 0.6) is 5.75 Å². The average Bonchev–Trinajstić information content (AvgIpc) is 3.32. The van der Waals surface area contributed by atoms with E-state index in [-0.39, 0.29) is 23.2 Å². The van der Waals surface area contributed by atoms with Gasteiger partial charge in [-0.15, -0.1) is 0 Å². The lowest BCUT2D eigenvalue weighted by atomic mass is 9.94. The number of phenolic OH excluding ortho intramolecular Hbond substituents is 1. The number of hydrogen-bond acceptors (Lipinski definition) is 5. The Bertz CT molecular complexity index is 1090. The molecule has 0 saturated carbocycles. The van der Waals surface area contributed by atoms with Gasteiger partial charge in [0.25, 0.3) is 0 Å². The summed E-state index contributed by atoms with van der Waals surface area (Å²) >= 11 is 0. The maximum atomic E-state index is 15.9. The molecule has 4 rings (SSSR count). The van der Waals surface area contributed by atoms with Gasteiger partial charge in [-0.2, -0.15) is 0 Å². The summed E-state index contributed by atoms with van der Waals surface area (Å²) in [6.45, 7) is 2.43. The van der Waals surface area contributed by atoms with Gasteiger partial charge in [0.1, 0.15) is 11.9 Å². The minimum absolute atomic E-state index is 0.0290. The Kier molecular flexibility index (Phi) is 5.99. The molecule has 8 heteroatoms. The summed E-state index contributed by atoms with van der Waals surface area (Å²) in [6, 6.07) is 5.61. The van der Waals surface area contributed by atoms with E-state index in [4.69, 9.17) is 10.1 Å². The highest BCUT2D eigenvalue weighted by molar-refractivity contribution is 6.12. The van der Waals surface area contributed by atoms with Crippen LogP contribution < -0.4 is 5.32 Å². The molecule has 6 nitrogen and oxygen atoms in total. The fraction of sp³-hybridized carbons (Fsp3) is 0.304. The molecule has 1 fully saturated rings. The number of imidazole rings is 1. The Hall–Kier alpha value is -3.26. The van der Waals surface area contributed by atoms with Crippen molar-refractivity contribution in [1.82, 2.24) is 9.97 Å². The third-order valence-corrected chi connectivity index (χ3v) is 5.48. The van der Waals surface area contributed by atoms with Gasteiger partial charge in [-0.05, 0) is 55.0 Å². The number of halogens is 2. The second-order valence-corrected chi connectivity index (χ2v) is 7.48. The van der Waals surface area contributed by atoms with Gasteiger partial charge < -0.3 is 20.1 Å². The molecule has 0 aliphatic carbocycles. The fourth-order valence-corrected chi connectivity index (χ4v) is 3.83. The molecule has 1 aliphatic rings. The first-order valence-electron chi connectivity index (χ1n) is 10.3. The number of hydrogen-bond donors (Lipinski definition) is 4. The summed E-state index contributed by atoms with van der Waals surface area (Å²) < 4.78 is 35.7. The smallest absolute Gasteiger partial charge is 0.165 e. The number of anilines is 1. The van der Waals surface area contributed by atoms with Crippen LogP contribution in [0.4, 0.5) is 14.5 Å². The largest absolute Gasteiger partial charge is 0.505 e. The molecular formula is C23H24F2N4O2. The maximum absolute atomic E-state index is 15.9. The summed E-state index contributed by atoms with van der Waals surface area (Å²) in [5.41, 5.74) is 1.63. The summed E-state index contributed by atoms with van der Waals surface area (Å²) in [7, 11) is 0. The molecule has 0 bridgehead atoms. The van der Waals surface area contributed by atoms with E-state index < -0.39 is 17.4 Å². The van der Waals surface area contributed by atoms with Crippen LogP contribution in [0.3, 0.4) is 0 Å². The molecule has 2 heterocycles. The number of aromatic amines is 1. The molecule has 31 heavy (non-hydrogen) atoms. The van der Waals surface area contributed by atoms with Gasteiger partial charge in [0, 0.05) is 30.1 Å². The standard InChI is InChI=1S/C23H24F2N4O2/c1-2-13-11-18(30)17(24)12-16(13)14-6-7-15(21(26)23-27-8-9-28-23)22(20(14)25)29-19-5-3-4-10-31-19/h6-9,11-12,19,26,29-30H,2-5,10H2,1H3,(H,27,28). The van der Waals surface area contributed by atoms with Crippen molar-refractivity contribution in [2.45, 2.75) is 38.8 Å². The second kappa shape index (κ2) is 8.85. The van der Waals surface area contributed by atoms with Gasteiger partial charge >= 0.3 is 0 Å². The third-order valence-electron chi connectivity index (χ3n) is 5.48. The number of nitrogens with one attached hydrogen (secondary N) is 3.